The summed E-state index contributed by atoms with van der Waals surface area (Å²) in [6, 6.07) is 6.47. The summed E-state index contributed by atoms with van der Waals surface area (Å²) in [7, 11) is -10.7. The first-order valence-corrected chi connectivity index (χ1v) is 17.6. The van der Waals surface area contributed by atoms with Gasteiger partial charge < -0.3 is 15.2 Å². The number of amides is 2. The maximum absolute atomic E-state index is 12.4. The minimum atomic E-state index is -10.7. The summed E-state index contributed by atoms with van der Waals surface area (Å²) in [6.45, 7) is 4.28. The zero-order valence-corrected chi connectivity index (χ0v) is 27.3. The molecular weight excluding hydrogens is 765 g/mol. The van der Waals surface area contributed by atoms with Gasteiger partial charge in [0, 0.05) is 62.4 Å². The number of aliphatic hydroxyl groups is 1. The van der Waals surface area contributed by atoms with Crippen LogP contribution in [0.25, 0.3) is 32.7 Å². The Morgan fingerprint density at radius 3 is 1.86 bits per heavy atom. The van der Waals surface area contributed by atoms with E-state index in [-0.39, 0.29) is 43.0 Å². The average molecular weight is 788 g/mol. The third-order valence-electron chi connectivity index (χ3n) is 5.71. The van der Waals surface area contributed by atoms with Crippen molar-refractivity contribution >= 4 is 87.6 Å². The first-order valence-electron chi connectivity index (χ1n) is 12.1. The van der Waals surface area contributed by atoms with Crippen molar-refractivity contribution in [3.05, 3.63) is 53.8 Å². The monoisotopic (exact) mass is 788 g/mol. The summed E-state index contributed by atoms with van der Waals surface area (Å²) < 4.78 is 66.7. The zero-order chi connectivity index (χ0) is 32.1. The second kappa shape index (κ2) is 14.6. The van der Waals surface area contributed by atoms with Crippen molar-refractivity contribution in [2.45, 2.75) is 6.61 Å². The van der Waals surface area contributed by atoms with Crippen LogP contribution < -0.4 is 5.32 Å². The van der Waals surface area contributed by atoms with Gasteiger partial charge in [-0.2, -0.15) is 35.3 Å². The standard InChI is InChI=1S/C18H11N3O4.C6H12S3.CO.F6P.Ru/c22-6-7-3-10-13-14(18(25)21-17(13)24)12-9-4-8(23)1-2-11(9)20-16(12)15(10)19-5-7;1-2-8-5-6-9-4-3-7-1;1-2;1-7(2,3,4,5)6;/h1-5,20,22-23H,6H2,(H,21,24,25);1-6H2;;;/q;;;-1;+1. The normalized spacial score (nSPS) is 16.5. The molecule has 0 unspecified atom stereocenters. The van der Waals surface area contributed by atoms with Gasteiger partial charge in [0.2, 0.25) is 0 Å². The second-order valence-electron chi connectivity index (χ2n) is 8.83. The number of phenols is 1. The van der Waals surface area contributed by atoms with Crippen LogP contribution >= 0.6 is 43.1 Å². The number of nitrogens with one attached hydrogen (secondary N) is 2. The molecule has 241 valence electrons. The third kappa shape index (κ3) is 10.8. The van der Waals surface area contributed by atoms with Crippen LogP contribution in [0, 0.1) is 6.65 Å². The van der Waals surface area contributed by atoms with Crippen molar-refractivity contribution in [1.82, 2.24) is 15.3 Å². The number of aliphatic hydroxyl groups excluding tert-OH is 1. The number of aromatic nitrogens is 2. The number of aromatic hydroxyl groups is 1. The average Bonchev–Trinajstić information content (AvgIpc) is 3.49. The minimum absolute atomic E-state index is 0. The number of thioether (sulfide) groups is 3. The number of pyridine rings is 1. The molecule has 4 N–H and O–H groups in total. The molecule has 44 heavy (non-hydrogen) atoms. The van der Waals surface area contributed by atoms with Crippen LogP contribution in [0.3, 0.4) is 0 Å². The Bertz CT molecular complexity index is 1670. The van der Waals surface area contributed by atoms with Gasteiger partial charge in [-0.1, -0.05) is 0 Å². The first-order chi connectivity index (χ1) is 20.0. The van der Waals surface area contributed by atoms with Gasteiger partial charge >= 0.3 is 63.8 Å². The molecule has 0 bridgehead atoms. The van der Waals surface area contributed by atoms with E-state index < -0.39 is 19.6 Å². The first kappa shape index (κ1) is 38.2. The molecule has 0 saturated carbocycles. The quantitative estimate of drug-likeness (QED) is 0.0390. The Morgan fingerprint density at radius 2 is 1.36 bits per heavy atom. The number of H-pyrrole nitrogens is 1. The van der Waals surface area contributed by atoms with Crippen LogP contribution in [0.2, 0.25) is 0 Å². The second-order valence-corrected chi connectivity index (χ2v) is 14.4. The SMILES string of the molecule is C1CSCCSCCS1.F[P-](F)(F)(F)(F)F.O=C1NC(=O)c2c1c1cc(CO)cnc1c1[nH]c3ccc(O)cc3c21.[C-]#[O+].[Ru+]. The molecule has 0 aliphatic carbocycles. The Labute approximate surface area is 271 Å². The van der Waals surface area contributed by atoms with E-state index in [1.807, 2.05) is 0 Å². The van der Waals surface area contributed by atoms with Gasteiger partial charge in [0.1, 0.15) is 5.75 Å². The molecule has 1 radical (unpaired) electrons. The Kier molecular flexibility index (Phi) is 12.7. The molecule has 2 aliphatic rings. The summed E-state index contributed by atoms with van der Waals surface area (Å²) >= 11 is 6.30. The molecule has 19 heteroatoms. The molecule has 8 nitrogen and oxygen atoms in total. The fraction of sp³-hybridized carbons (Fsp3) is 0.280. The zero-order valence-electron chi connectivity index (χ0n) is 22.2. The van der Waals surface area contributed by atoms with Crippen molar-refractivity contribution < 1.29 is 69.1 Å². The van der Waals surface area contributed by atoms with E-state index in [2.05, 4.69) is 57.2 Å². The van der Waals surface area contributed by atoms with Crippen molar-refractivity contribution in [2.24, 2.45) is 0 Å². The van der Waals surface area contributed by atoms with Gasteiger partial charge in [0.05, 0.1) is 28.8 Å². The van der Waals surface area contributed by atoms with Gasteiger partial charge in [-0.15, -0.1) is 0 Å². The number of halogens is 6. The molecule has 2 aliphatic heterocycles. The Hall–Kier alpha value is -2.03. The Balaban J connectivity index is 0.000000295. The largest absolute Gasteiger partial charge is 1.00 e. The summed E-state index contributed by atoms with van der Waals surface area (Å²) in [5.41, 5.74) is 2.94. The maximum Gasteiger partial charge on any atom is 1.00 e. The summed E-state index contributed by atoms with van der Waals surface area (Å²) in [6.07, 6.45) is 1.53. The van der Waals surface area contributed by atoms with Crippen LogP contribution in [0.5, 0.6) is 5.75 Å². The number of hydrogen-bond acceptors (Lipinski definition) is 8. The van der Waals surface area contributed by atoms with Crippen LogP contribution in [0.1, 0.15) is 26.3 Å². The van der Waals surface area contributed by atoms with Gasteiger partial charge in [-0.05, 0) is 29.8 Å². The fourth-order valence-corrected chi connectivity index (χ4v) is 7.65. The van der Waals surface area contributed by atoms with E-state index >= 15 is 0 Å². The minimum Gasteiger partial charge on any atom is 1.00 e. The van der Waals surface area contributed by atoms with E-state index in [0.717, 1.165) is 5.52 Å². The van der Waals surface area contributed by atoms with E-state index in [1.54, 1.807) is 24.3 Å². The maximum atomic E-state index is 12.4. The van der Waals surface area contributed by atoms with Crippen molar-refractivity contribution in [3.8, 4) is 5.75 Å². The van der Waals surface area contributed by atoms with Crippen LogP contribution in [-0.4, -0.2) is 66.5 Å². The van der Waals surface area contributed by atoms with Gasteiger partial charge in [0.25, 0.3) is 11.8 Å². The number of aromatic amines is 1. The fourth-order valence-electron chi connectivity index (χ4n) is 4.21. The number of carbonyl (C=O) groups excluding carboxylic acids is 2. The number of nitrogens with zero attached hydrogens (tertiary/aromatic N) is 1. The van der Waals surface area contributed by atoms with Crippen LogP contribution in [0.15, 0.2) is 30.5 Å². The van der Waals surface area contributed by atoms with Crippen molar-refractivity contribution in [1.29, 1.82) is 0 Å². The smallest absolute Gasteiger partial charge is 1.00 e. The molecule has 2 amide bonds. The van der Waals surface area contributed by atoms with Gasteiger partial charge in [-0.25, -0.2) is 0 Å². The molecule has 4 aromatic rings. The summed E-state index contributed by atoms with van der Waals surface area (Å²) in [5.74, 6) is 7.29. The molecule has 0 atom stereocenters. The third-order valence-corrected chi connectivity index (χ3v) is 9.44. The van der Waals surface area contributed by atoms with E-state index in [1.165, 1.54) is 40.7 Å². The van der Waals surface area contributed by atoms with E-state index in [4.69, 9.17) is 4.65 Å². The van der Waals surface area contributed by atoms with E-state index in [9.17, 15) is 45.0 Å². The van der Waals surface area contributed by atoms with Crippen LogP contribution in [0.4, 0.5) is 25.2 Å². The number of benzene rings is 2. The number of rotatable bonds is 1. The molecular formula is C25H23F6N3O5PRuS3. The predicted molar refractivity (Wildman–Crippen MR) is 160 cm³/mol. The number of phenolic OH excluding ortho intramolecular Hbond substituents is 1. The summed E-state index contributed by atoms with van der Waals surface area (Å²) in [4.78, 5) is 32.4. The van der Waals surface area contributed by atoms with Crippen molar-refractivity contribution in [3.63, 3.8) is 0 Å². The van der Waals surface area contributed by atoms with E-state index in [0.29, 0.717) is 32.8 Å². The van der Waals surface area contributed by atoms with Crippen LogP contribution in [-0.2, 0) is 30.7 Å². The molecule has 2 aromatic carbocycles. The molecule has 4 heterocycles. The number of carbonyl (C=O) groups is 2. The van der Waals surface area contributed by atoms with Crippen molar-refractivity contribution in [2.75, 3.05) is 34.5 Å². The Morgan fingerprint density at radius 1 is 0.864 bits per heavy atom. The number of hydrogen-bond donors (Lipinski definition) is 4. The van der Waals surface area contributed by atoms with Gasteiger partial charge in [0.15, 0.2) is 0 Å². The molecule has 1 saturated heterocycles. The molecule has 6 rings (SSSR count). The molecule has 0 spiro atoms. The van der Waals surface area contributed by atoms with Gasteiger partial charge in [-0.3, -0.25) is 19.9 Å². The predicted octanol–water partition coefficient (Wildman–Crippen LogP) is 7.49. The topological polar surface area (TPSA) is 135 Å². The number of imide groups is 1. The molecule has 1 fully saturated rings. The summed E-state index contributed by atoms with van der Waals surface area (Å²) in [5, 5.41) is 23.2. The number of fused-ring (bicyclic) bond motifs is 8. The molecule has 2 aromatic heterocycles.